The van der Waals surface area contributed by atoms with Crippen molar-refractivity contribution in [3.05, 3.63) is 48.6 Å². The Hall–Kier alpha value is -1.81. The zero-order valence-electron chi connectivity index (χ0n) is 14.5. The topological polar surface area (TPSA) is 35.6 Å². The lowest BCUT2D eigenvalue weighted by molar-refractivity contribution is 0.0482. The van der Waals surface area contributed by atoms with Crippen LogP contribution in [0.1, 0.15) is 19.4 Å². The first kappa shape index (κ1) is 17.5. The molecule has 0 unspecified atom stereocenters. The summed E-state index contributed by atoms with van der Waals surface area (Å²) in [4.78, 5) is 16.6. The van der Waals surface area contributed by atoms with Gasteiger partial charge in [0.15, 0.2) is 0 Å². The van der Waals surface area contributed by atoms with E-state index in [0.29, 0.717) is 18.4 Å². The lowest BCUT2D eigenvalue weighted by Crippen LogP contribution is -2.56. The van der Waals surface area contributed by atoms with Crippen LogP contribution < -0.4 is 5.32 Å². The van der Waals surface area contributed by atoms with Crippen LogP contribution in [0, 0.1) is 11.8 Å². The SMILES string of the molecule is C=CCNC(=O)N(C)C1[C@H](C)CN(Cc2ccccc2)C[C@H]1C. The number of rotatable bonds is 5. The Morgan fingerprint density at radius 2 is 1.91 bits per heavy atom. The molecule has 2 atom stereocenters. The van der Waals surface area contributed by atoms with Crippen LogP contribution in [0.2, 0.25) is 0 Å². The standard InChI is InChI=1S/C19H29N3O/c1-5-11-20-19(23)21(4)18-15(2)12-22(13-16(18)3)14-17-9-7-6-8-10-17/h5-10,15-16,18H,1,11-14H2,2-4H3,(H,20,23)/t15-,16-/m1/s1. The molecule has 1 heterocycles. The molecule has 1 saturated heterocycles. The quantitative estimate of drug-likeness (QED) is 0.848. The Bertz CT molecular complexity index is 505. The van der Waals surface area contributed by atoms with Crippen LogP contribution in [0.5, 0.6) is 0 Å². The van der Waals surface area contributed by atoms with Crippen molar-refractivity contribution in [1.82, 2.24) is 15.1 Å². The fraction of sp³-hybridized carbons (Fsp3) is 0.526. The monoisotopic (exact) mass is 315 g/mol. The molecule has 0 spiro atoms. The van der Waals surface area contributed by atoms with Gasteiger partial charge in [-0.2, -0.15) is 0 Å². The van der Waals surface area contributed by atoms with E-state index in [0.717, 1.165) is 19.6 Å². The van der Waals surface area contributed by atoms with Crippen molar-refractivity contribution in [2.24, 2.45) is 11.8 Å². The summed E-state index contributed by atoms with van der Waals surface area (Å²) in [5.74, 6) is 0.892. The van der Waals surface area contributed by atoms with E-state index in [1.807, 2.05) is 11.9 Å². The third-order valence-corrected chi connectivity index (χ3v) is 4.67. The summed E-state index contributed by atoms with van der Waals surface area (Å²) >= 11 is 0. The van der Waals surface area contributed by atoms with Gasteiger partial charge in [-0.1, -0.05) is 50.3 Å². The largest absolute Gasteiger partial charge is 0.335 e. The number of carbonyl (C=O) groups is 1. The summed E-state index contributed by atoms with van der Waals surface area (Å²) in [6, 6.07) is 10.8. The lowest BCUT2D eigenvalue weighted by Gasteiger charge is -2.45. The van der Waals surface area contributed by atoms with Crippen molar-refractivity contribution in [1.29, 1.82) is 0 Å². The van der Waals surface area contributed by atoms with Crippen molar-refractivity contribution in [3.8, 4) is 0 Å². The molecule has 2 amide bonds. The molecular weight excluding hydrogens is 286 g/mol. The van der Waals surface area contributed by atoms with Crippen LogP contribution in [0.15, 0.2) is 43.0 Å². The zero-order chi connectivity index (χ0) is 16.8. The molecule has 0 bridgehead atoms. The Labute approximate surface area is 140 Å². The number of likely N-dealkylation sites (tertiary alicyclic amines) is 1. The second-order valence-corrected chi connectivity index (χ2v) is 6.71. The van der Waals surface area contributed by atoms with Crippen LogP contribution in [0.4, 0.5) is 4.79 Å². The number of benzene rings is 1. The van der Waals surface area contributed by atoms with Crippen molar-refractivity contribution in [3.63, 3.8) is 0 Å². The Morgan fingerprint density at radius 1 is 1.30 bits per heavy atom. The Balaban J connectivity index is 1.96. The van der Waals surface area contributed by atoms with Gasteiger partial charge in [-0.05, 0) is 17.4 Å². The van der Waals surface area contributed by atoms with Gasteiger partial charge < -0.3 is 10.2 Å². The molecule has 1 aliphatic rings. The first-order valence-corrected chi connectivity index (χ1v) is 8.40. The lowest BCUT2D eigenvalue weighted by atomic mass is 9.84. The first-order valence-electron chi connectivity index (χ1n) is 8.40. The normalized spacial score (nSPS) is 22.6. The van der Waals surface area contributed by atoms with E-state index < -0.39 is 0 Å². The molecule has 2 rings (SSSR count). The van der Waals surface area contributed by atoms with Crippen molar-refractivity contribution in [2.45, 2.75) is 26.4 Å². The highest BCUT2D eigenvalue weighted by atomic mass is 16.2. The van der Waals surface area contributed by atoms with Crippen molar-refractivity contribution >= 4 is 6.03 Å². The van der Waals surface area contributed by atoms with Gasteiger partial charge in [0.25, 0.3) is 0 Å². The molecular formula is C19H29N3O. The highest BCUT2D eigenvalue weighted by Gasteiger charge is 2.36. The maximum atomic E-state index is 12.2. The molecule has 1 fully saturated rings. The van der Waals surface area contributed by atoms with Crippen molar-refractivity contribution < 1.29 is 4.79 Å². The van der Waals surface area contributed by atoms with Crippen LogP contribution in [0.3, 0.4) is 0 Å². The van der Waals surface area contributed by atoms with Gasteiger partial charge in [-0.3, -0.25) is 4.90 Å². The maximum Gasteiger partial charge on any atom is 0.317 e. The fourth-order valence-electron chi connectivity index (χ4n) is 3.82. The van der Waals surface area contributed by atoms with Crippen molar-refractivity contribution in [2.75, 3.05) is 26.7 Å². The van der Waals surface area contributed by atoms with E-state index in [4.69, 9.17) is 0 Å². The van der Waals surface area contributed by atoms with E-state index in [1.54, 1.807) is 6.08 Å². The third kappa shape index (κ3) is 4.58. The Kier molecular flexibility index (Phi) is 6.22. The average molecular weight is 315 g/mol. The fourth-order valence-corrected chi connectivity index (χ4v) is 3.82. The highest BCUT2D eigenvalue weighted by molar-refractivity contribution is 5.74. The molecule has 0 aromatic heterocycles. The van der Waals surface area contributed by atoms with Gasteiger partial charge in [0, 0.05) is 39.3 Å². The van der Waals surface area contributed by atoms with E-state index in [1.165, 1.54) is 5.56 Å². The average Bonchev–Trinajstić information content (AvgIpc) is 2.52. The van der Waals surface area contributed by atoms with Crippen LogP contribution in [-0.4, -0.2) is 48.6 Å². The van der Waals surface area contributed by atoms with Gasteiger partial charge in [-0.15, -0.1) is 6.58 Å². The minimum Gasteiger partial charge on any atom is -0.335 e. The van der Waals surface area contributed by atoms with Gasteiger partial charge in [-0.25, -0.2) is 4.79 Å². The number of amides is 2. The molecule has 0 saturated carbocycles. The van der Waals surface area contributed by atoms with Gasteiger partial charge in [0.05, 0.1) is 0 Å². The van der Waals surface area contributed by atoms with Crippen LogP contribution in [0.25, 0.3) is 0 Å². The molecule has 0 aliphatic carbocycles. The van der Waals surface area contributed by atoms with Gasteiger partial charge >= 0.3 is 6.03 Å². The summed E-state index contributed by atoms with van der Waals surface area (Å²) in [6.45, 7) is 11.7. The summed E-state index contributed by atoms with van der Waals surface area (Å²) in [5.41, 5.74) is 1.35. The second kappa shape index (κ2) is 8.16. The molecule has 1 N–H and O–H groups in total. The number of carbonyl (C=O) groups excluding carboxylic acids is 1. The summed E-state index contributed by atoms with van der Waals surface area (Å²) < 4.78 is 0. The predicted molar refractivity (Wildman–Crippen MR) is 95.2 cm³/mol. The number of urea groups is 1. The smallest absolute Gasteiger partial charge is 0.317 e. The summed E-state index contributed by atoms with van der Waals surface area (Å²) in [7, 11) is 1.91. The molecule has 1 aromatic carbocycles. The summed E-state index contributed by atoms with van der Waals surface area (Å²) in [5, 5.41) is 2.88. The van der Waals surface area contributed by atoms with E-state index in [9.17, 15) is 4.79 Å². The minimum atomic E-state index is -0.00916. The molecule has 23 heavy (non-hydrogen) atoms. The van der Waals surface area contributed by atoms with Gasteiger partial charge in [0.1, 0.15) is 0 Å². The van der Waals surface area contributed by atoms with E-state index >= 15 is 0 Å². The molecule has 126 valence electrons. The van der Waals surface area contributed by atoms with Gasteiger partial charge in [0.2, 0.25) is 0 Å². The number of nitrogens with zero attached hydrogens (tertiary/aromatic N) is 2. The highest BCUT2D eigenvalue weighted by Crippen LogP contribution is 2.27. The molecule has 1 aliphatic heterocycles. The van der Waals surface area contributed by atoms with E-state index in [2.05, 4.69) is 61.0 Å². The molecule has 4 nitrogen and oxygen atoms in total. The van der Waals surface area contributed by atoms with Crippen LogP contribution in [-0.2, 0) is 6.54 Å². The predicted octanol–water partition coefficient (Wildman–Crippen LogP) is 2.97. The molecule has 1 aromatic rings. The first-order chi connectivity index (χ1) is 11.0. The molecule has 4 heteroatoms. The number of hydrogen-bond donors (Lipinski definition) is 1. The summed E-state index contributed by atoms with van der Waals surface area (Å²) in [6.07, 6.45) is 1.71. The minimum absolute atomic E-state index is 0.00916. The molecule has 0 radical (unpaired) electrons. The van der Waals surface area contributed by atoms with E-state index in [-0.39, 0.29) is 12.1 Å². The third-order valence-electron chi connectivity index (χ3n) is 4.67. The number of hydrogen-bond acceptors (Lipinski definition) is 2. The second-order valence-electron chi connectivity index (χ2n) is 6.71. The maximum absolute atomic E-state index is 12.2. The number of nitrogens with one attached hydrogen (secondary N) is 1. The zero-order valence-corrected chi connectivity index (χ0v) is 14.5. The Morgan fingerprint density at radius 3 is 2.48 bits per heavy atom. The van der Waals surface area contributed by atoms with Crippen LogP contribution >= 0.6 is 0 Å². The number of piperidine rings is 1.